The fourth-order valence-corrected chi connectivity index (χ4v) is 4.02. The second-order valence-corrected chi connectivity index (χ2v) is 7.55. The SMILES string of the molecule is [B]c1ccc(C(=O)N2CC(N3CCN(C(=O)c4nccs4)CC3)C2)cc1. The maximum atomic E-state index is 12.4. The Kier molecular flexibility index (Phi) is 4.78. The molecule has 0 bridgehead atoms. The third-order valence-electron chi connectivity index (χ3n) is 5.04. The molecular weight excluding hydrogens is 347 g/mol. The van der Waals surface area contributed by atoms with Crippen LogP contribution in [0.5, 0.6) is 0 Å². The number of hydrogen-bond acceptors (Lipinski definition) is 5. The van der Waals surface area contributed by atoms with Crippen LogP contribution >= 0.6 is 11.3 Å². The molecule has 0 saturated carbocycles. The van der Waals surface area contributed by atoms with E-state index in [1.54, 1.807) is 30.5 Å². The summed E-state index contributed by atoms with van der Waals surface area (Å²) in [5, 5.41) is 2.38. The standard InChI is InChI=1S/C18H19BN4O2S/c19-14-3-1-13(2-4-14)17(24)23-11-15(12-23)21-6-8-22(9-7-21)18(25)16-20-5-10-26-16/h1-5,10,15H,6-9,11-12H2. The zero-order valence-electron chi connectivity index (χ0n) is 14.4. The van der Waals surface area contributed by atoms with Crippen LogP contribution in [0.1, 0.15) is 20.2 Å². The van der Waals surface area contributed by atoms with E-state index in [1.807, 2.05) is 15.2 Å². The van der Waals surface area contributed by atoms with E-state index in [4.69, 9.17) is 7.85 Å². The first-order valence-electron chi connectivity index (χ1n) is 8.69. The summed E-state index contributed by atoms with van der Waals surface area (Å²) in [7, 11) is 5.67. The van der Waals surface area contributed by atoms with Crippen LogP contribution in [0.4, 0.5) is 0 Å². The van der Waals surface area contributed by atoms with Gasteiger partial charge in [0.2, 0.25) is 0 Å². The molecule has 0 atom stereocenters. The van der Waals surface area contributed by atoms with E-state index >= 15 is 0 Å². The van der Waals surface area contributed by atoms with Gasteiger partial charge in [0.25, 0.3) is 11.8 Å². The molecule has 2 amide bonds. The van der Waals surface area contributed by atoms with Gasteiger partial charge in [-0.2, -0.15) is 0 Å². The monoisotopic (exact) mass is 366 g/mol. The number of piperazine rings is 1. The first-order chi connectivity index (χ1) is 12.6. The highest BCUT2D eigenvalue weighted by Gasteiger charge is 2.37. The van der Waals surface area contributed by atoms with Gasteiger partial charge >= 0.3 is 0 Å². The molecule has 6 nitrogen and oxygen atoms in total. The highest BCUT2D eigenvalue weighted by Crippen LogP contribution is 2.20. The highest BCUT2D eigenvalue weighted by molar-refractivity contribution is 7.11. The summed E-state index contributed by atoms with van der Waals surface area (Å²) in [6.07, 6.45) is 1.66. The van der Waals surface area contributed by atoms with Gasteiger partial charge in [0.05, 0.1) is 0 Å². The largest absolute Gasteiger partial charge is 0.335 e. The Hall–Kier alpha value is -2.19. The van der Waals surface area contributed by atoms with E-state index in [1.165, 1.54) is 11.3 Å². The van der Waals surface area contributed by atoms with Crippen molar-refractivity contribution in [2.75, 3.05) is 39.3 Å². The molecule has 1 aromatic heterocycles. The van der Waals surface area contributed by atoms with Crippen molar-refractivity contribution in [3.05, 3.63) is 46.4 Å². The first-order valence-corrected chi connectivity index (χ1v) is 9.57. The molecule has 2 saturated heterocycles. The van der Waals surface area contributed by atoms with Crippen LogP contribution in [0, 0.1) is 0 Å². The van der Waals surface area contributed by atoms with Crippen LogP contribution in [0.15, 0.2) is 35.8 Å². The average molecular weight is 366 g/mol. The van der Waals surface area contributed by atoms with Gasteiger partial charge < -0.3 is 9.80 Å². The van der Waals surface area contributed by atoms with Gasteiger partial charge in [-0.1, -0.05) is 29.7 Å². The molecule has 2 radical (unpaired) electrons. The van der Waals surface area contributed by atoms with Crippen molar-refractivity contribution in [3.8, 4) is 0 Å². The summed E-state index contributed by atoms with van der Waals surface area (Å²) in [6.45, 7) is 4.58. The number of thiazole rings is 1. The number of benzene rings is 1. The van der Waals surface area contributed by atoms with Crippen molar-refractivity contribution in [1.29, 1.82) is 0 Å². The molecule has 2 aliphatic rings. The van der Waals surface area contributed by atoms with Crippen molar-refractivity contribution >= 4 is 36.5 Å². The van der Waals surface area contributed by atoms with E-state index in [0.29, 0.717) is 35.2 Å². The Bertz CT molecular complexity index is 782. The summed E-state index contributed by atoms with van der Waals surface area (Å²) in [5.41, 5.74) is 1.34. The number of hydrogen-bond donors (Lipinski definition) is 0. The van der Waals surface area contributed by atoms with Gasteiger partial charge in [-0.25, -0.2) is 4.98 Å². The van der Waals surface area contributed by atoms with E-state index in [-0.39, 0.29) is 11.8 Å². The number of carbonyl (C=O) groups excluding carboxylic acids is 2. The topological polar surface area (TPSA) is 56.8 Å². The molecule has 132 valence electrons. The van der Waals surface area contributed by atoms with E-state index in [2.05, 4.69) is 9.88 Å². The average Bonchev–Trinajstić information content (AvgIpc) is 3.15. The smallest absolute Gasteiger partial charge is 0.282 e. The minimum Gasteiger partial charge on any atom is -0.335 e. The number of amides is 2. The third kappa shape index (κ3) is 3.39. The second kappa shape index (κ2) is 7.21. The quantitative estimate of drug-likeness (QED) is 0.730. The lowest BCUT2D eigenvalue weighted by atomic mass is 9.94. The number of aromatic nitrogens is 1. The Balaban J connectivity index is 1.26. The molecule has 0 N–H and O–H groups in total. The van der Waals surface area contributed by atoms with Gasteiger partial charge in [0, 0.05) is 62.5 Å². The Labute approximate surface area is 157 Å². The van der Waals surface area contributed by atoms with E-state index in [0.717, 1.165) is 26.2 Å². The molecule has 3 heterocycles. The van der Waals surface area contributed by atoms with Gasteiger partial charge in [0.1, 0.15) is 7.85 Å². The maximum absolute atomic E-state index is 12.4. The predicted octanol–water partition coefficient (Wildman–Crippen LogP) is 0.219. The van der Waals surface area contributed by atoms with E-state index in [9.17, 15) is 9.59 Å². The molecule has 2 fully saturated rings. The lowest BCUT2D eigenvalue weighted by Crippen LogP contribution is -2.64. The van der Waals surface area contributed by atoms with Crippen LogP contribution in [-0.4, -0.2) is 84.7 Å². The molecule has 2 aliphatic heterocycles. The van der Waals surface area contributed by atoms with Crippen molar-refractivity contribution in [1.82, 2.24) is 19.7 Å². The number of rotatable bonds is 3. The molecule has 26 heavy (non-hydrogen) atoms. The van der Waals surface area contributed by atoms with Crippen LogP contribution < -0.4 is 5.46 Å². The molecule has 4 rings (SSSR count). The van der Waals surface area contributed by atoms with Crippen LogP contribution in [-0.2, 0) is 0 Å². The normalized spacial score (nSPS) is 18.6. The maximum Gasteiger partial charge on any atom is 0.282 e. The van der Waals surface area contributed by atoms with Crippen molar-refractivity contribution in [2.24, 2.45) is 0 Å². The Morgan fingerprint density at radius 3 is 2.31 bits per heavy atom. The Morgan fingerprint density at radius 2 is 1.69 bits per heavy atom. The van der Waals surface area contributed by atoms with Crippen molar-refractivity contribution in [2.45, 2.75) is 6.04 Å². The predicted molar refractivity (Wildman–Crippen MR) is 101 cm³/mol. The number of nitrogens with zero attached hydrogens (tertiary/aromatic N) is 4. The summed E-state index contributed by atoms with van der Waals surface area (Å²) < 4.78 is 0. The molecule has 0 aliphatic carbocycles. The summed E-state index contributed by atoms with van der Waals surface area (Å²) in [4.78, 5) is 35.0. The number of carbonyl (C=O) groups is 2. The molecule has 0 spiro atoms. The van der Waals surface area contributed by atoms with E-state index < -0.39 is 0 Å². The summed E-state index contributed by atoms with van der Waals surface area (Å²) in [6, 6.07) is 7.43. The fraction of sp³-hybridized carbons (Fsp3) is 0.389. The van der Waals surface area contributed by atoms with Crippen molar-refractivity contribution in [3.63, 3.8) is 0 Å². The molecular formula is C18H19BN4O2S. The molecule has 0 unspecified atom stereocenters. The fourth-order valence-electron chi connectivity index (χ4n) is 3.41. The van der Waals surface area contributed by atoms with Gasteiger partial charge in [-0.05, 0) is 0 Å². The minimum absolute atomic E-state index is 0.0217. The lowest BCUT2D eigenvalue weighted by Gasteiger charge is -2.48. The number of likely N-dealkylation sites (tertiary alicyclic amines) is 1. The second-order valence-electron chi connectivity index (χ2n) is 6.65. The van der Waals surface area contributed by atoms with Crippen LogP contribution in [0.25, 0.3) is 0 Å². The van der Waals surface area contributed by atoms with Crippen LogP contribution in [0.2, 0.25) is 0 Å². The minimum atomic E-state index is 0.0217. The van der Waals surface area contributed by atoms with Gasteiger partial charge in [0.15, 0.2) is 5.01 Å². The van der Waals surface area contributed by atoms with Crippen LogP contribution in [0.3, 0.4) is 0 Å². The Morgan fingerprint density at radius 1 is 1.00 bits per heavy atom. The third-order valence-corrected chi connectivity index (χ3v) is 5.80. The zero-order valence-corrected chi connectivity index (χ0v) is 15.2. The molecule has 1 aromatic carbocycles. The first kappa shape index (κ1) is 17.2. The van der Waals surface area contributed by atoms with Gasteiger partial charge in [-0.3, -0.25) is 14.5 Å². The van der Waals surface area contributed by atoms with Crippen molar-refractivity contribution < 1.29 is 9.59 Å². The molecule has 8 heteroatoms. The summed E-state index contributed by atoms with van der Waals surface area (Å²) in [5.74, 6) is 0.0762. The van der Waals surface area contributed by atoms with Gasteiger partial charge in [-0.15, -0.1) is 11.3 Å². The lowest BCUT2D eigenvalue weighted by molar-refractivity contribution is 0.00853. The molecule has 2 aromatic rings. The highest BCUT2D eigenvalue weighted by atomic mass is 32.1. The summed E-state index contributed by atoms with van der Waals surface area (Å²) >= 11 is 1.38. The zero-order chi connectivity index (χ0) is 18.1.